The van der Waals surface area contributed by atoms with Crippen molar-refractivity contribution in [2.24, 2.45) is 5.73 Å². The lowest BCUT2D eigenvalue weighted by Gasteiger charge is -2.23. The van der Waals surface area contributed by atoms with Crippen molar-refractivity contribution in [3.63, 3.8) is 0 Å². The third-order valence-electron chi connectivity index (χ3n) is 4.13. The van der Waals surface area contributed by atoms with Crippen molar-refractivity contribution >= 4 is 17.7 Å². The number of rotatable bonds is 7. The first-order valence-corrected chi connectivity index (χ1v) is 9.06. The SMILES string of the molecule is CNC(=O)[C@H](CC(N)=O)NC(=O)Cc1cc(-c2ccccc2)nn1C(C)(C)C. The highest BCUT2D eigenvalue weighted by Gasteiger charge is 2.25. The molecule has 1 aromatic carbocycles. The van der Waals surface area contributed by atoms with Gasteiger partial charge in [-0.1, -0.05) is 30.3 Å². The number of likely N-dealkylation sites (N-methyl/N-ethyl adjacent to an activating group) is 1. The van der Waals surface area contributed by atoms with Gasteiger partial charge in [0.25, 0.3) is 0 Å². The molecule has 0 saturated heterocycles. The van der Waals surface area contributed by atoms with E-state index in [0.717, 1.165) is 11.3 Å². The monoisotopic (exact) mass is 385 g/mol. The van der Waals surface area contributed by atoms with E-state index in [-0.39, 0.29) is 24.3 Å². The van der Waals surface area contributed by atoms with Gasteiger partial charge in [0.05, 0.1) is 24.1 Å². The predicted molar refractivity (Wildman–Crippen MR) is 106 cm³/mol. The molecule has 0 bridgehead atoms. The molecule has 0 unspecified atom stereocenters. The van der Waals surface area contributed by atoms with Crippen LogP contribution in [0.1, 0.15) is 32.9 Å². The lowest BCUT2D eigenvalue weighted by atomic mass is 10.1. The summed E-state index contributed by atoms with van der Waals surface area (Å²) >= 11 is 0. The Morgan fingerprint density at radius 2 is 1.82 bits per heavy atom. The number of nitrogens with one attached hydrogen (secondary N) is 2. The maximum atomic E-state index is 12.6. The van der Waals surface area contributed by atoms with Crippen LogP contribution in [0.25, 0.3) is 11.3 Å². The second-order valence-electron chi connectivity index (χ2n) is 7.55. The molecule has 8 nitrogen and oxygen atoms in total. The zero-order valence-corrected chi connectivity index (χ0v) is 16.7. The molecule has 1 heterocycles. The van der Waals surface area contributed by atoms with Gasteiger partial charge in [0.1, 0.15) is 6.04 Å². The van der Waals surface area contributed by atoms with Gasteiger partial charge in [-0.25, -0.2) is 0 Å². The van der Waals surface area contributed by atoms with Crippen molar-refractivity contribution < 1.29 is 14.4 Å². The Morgan fingerprint density at radius 3 is 2.36 bits per heavy atom. The van der Waals surface area contributed by atoms with Crippen LogP contribution in [0.3, 0.4) is 0 Å². The number of hydrogen-bond donors (Lipinski definition) is 3. The molecule has 1 atom stereocenters. The molecule has 0 saturated carbocycles. The highest BCUT2D eigenvalue weighted by atomic mass is 16.2. The van der Waals surface area contributed by atoms with Crippen molar-refractivity contribution in [1.82, 2.24) is 20.4 Å². The minimum atomic E-state index is -1.00. The zero-order chi connectivity index (χ0) is 20.9. The number of benzene rings is 1. The summed E-state index contributed by atoms with van der Waals surface area (Å²) in [7, 11) is 1.43. The van der Waals surface area contributed by atoms with Crippen LogP contribution in [-0.2, 0) is 26.3 Å². The van der Waals surface area contributed by atoms with E-state index in [1.54, 1.807) is 4.68 Å². The number of nitrogens with two attached hydrogens (primary N) is 1. The Kier molecular flexibility index (Phi) is 6.56. The predicted octanol–water partition coefficient (Wildman–Crippen LogP) is 0.954. The Balaban J connectivity index is 2.26. The normalized spacial score (nSPS) is 12.3. The number of primary amides is 1. The van der Waals surface area contributed by atoms with Crippen molar-refractivity contribution in [3.8, 4) is 11.3 Å². The maximum Gasteiger partial charge on any atom is 0.242 e. The zero-order valence-electron chi connectivity index (χ0n) is 16.7. The van der Waals surface area contributed by atoms with Gasteiger partial charge in [0, 0.05) is 18.3 Å². The molecule has 2 rings (SSSR count). The molecule has 28 heavy (non-hydrogen) atoms. The van der Waals surface area contributed by atoms with Crippen LogP contribution in [0.15, 0.2) is 36.4 Å². The summed E-state index contributed by atoms with van der Waals surface area (Å²) in [5.74, 6) is -1.53. The van der Waals surface area contributed by atoms with Gasteiger partial charge < -0.3 is 16.4 Å². The van der Waals surface area contributed by atoms with E-state index >= 15 is 0 Å². The summed E-state index contributed by atoms with van der Waals surface area (Å²) in [5, 5.41) is 9.67. The summed E-state index contributed by atoms with van der Waals surface area (Å²) < 4.78 is 1.80. The highest BCUT2D eigenvalue weighted by Crippen LogP contribution is 2.24. The quantitative estimate of drug-likeness (QED) is 0.657. The summed E-state index contributed by atoms with van der Waals surface area (Å²) in [6.07, 6.45) is -0.247. The average Bonchev–Trinajstić information content (AvgIpc) is 3.05. The summed E-state index contributed by atoms with van der Waals surface area (Å²) in [6.45, 7) is 5.99. The van der Waals surface area contributed by atoms with E-state index in [2.05, 4.69) is 15.7 Å². The molecular formula is C20H27N5O3. The van der Waals surface area contributed by atoms with Crippen LogP contribution in [0.2, 0.25) is 0 Å². The highest BCUT2D eigenvalue weighted by molar-refractivity contribution is 5.92. The largest absolute Gasteiger partial charge is 0.370 e. The van der Waals surface area contributed by atoms with E-state index in [1.807, 2.05) is 57.2 Å². The van der Waals surface area contributed by atoms with Crippen LogP contribution >= 0.6 is 0 Å². The van der Waals surface area contributed by atoms with Gasteiger partial charge in [-0.3, -0.25) is 19.1 Å². The van der Waals surface area contributed by atoms with E-state index in [1.165, 1.54) is 7.05 Å². The van der Waals surface area contributed by atoms with Crippen LogP contribution < -0.4 is 16.4 Å². The Bertz CT molecular complexity index is 852. The first-order chi connectivity index (χ1) is 13.1. The second kappa shape index (κ2) is 8.69. The topological polar surface area (TPSA) is 119 Å². The molecule has 0 fully saturated rings. The van der Waals surface area contributed by atoms with E-state index in [0.29, 0.717) is 5.69 Å². The molecule has 8 heteroatoms. The van der Waals surface area contributed by atoms with Gasteiger partial charge in [-0.2, -0.15) is 5.10 Å². The Hall–Kier alpha value is -3.16. The van der Waals surface area contributed by atoms with E-state index < -0.39 is 17.9 Å². The lowest BCUT2D eigenvalue weighted by Crippen LogP contribution is -2.48. The number of amides is 3. The molecule has 4 N–H and O–H groups in total. The molecule has 1 aromatic heterocycles. The number of aromatic nitrogens is 2. The first-order valence-electron chi connectivity index (χ1n) is 9.06. The van der Waals surface area contributed by atoms with Crippen molar-refractivity contribution in [2.45, 2.75) is 45.2 Å². The van der Waals surface area contributed by atoms with Gasteiger partial charge in [0.2, 0.25) is 17.7 Å². The molecule has 0 aliphatic carbocycles. The van der Waals surface area contributed by atoms with E-state index in [4.69, 9.17) is 5.73 Å². The van der Waals surface area contributed by atoms with Crippen LogP contribution in [0.4, 0.5) is 0 Å². The summed E-state index contributed by atoms with van der Waals surface area (Å²) in [6, 6.07) is 10.5. The fraction of sp³-hybridized carbons (Fsp3) is 0.400. The fourth-order valence-electron chi connectivity index (χ4n) is 2.87. The fourth-order valence-corrected chi connectivity index (χ4v) is 2.87. The number of carbonyl (C=O) groups excluding carboxylic acids is 3. The van der Waals surface area contributed by atoms with Crippen LogP contribution in [-0.4, -0.2) is 40.6 Å². The molecule has 0 aliphatic rings. The minimum absolute atomic E-state index is 0.0172. The molecule has 3 amide bonds. The molecule has 0 radical (unpaired) electrons. The van der Waals surface area contributed by atoms with Crippen LogP contribution in [0.5, 0.6) is 0 Å². The summed E-state index contributed by atoms with van der Waals surface area (Å²) in [4.78, 5) is 35.7. The number of nitrogens with zero attached hydrogens (tertiary/aromatic N) is 2. The molecular weight excluding hydrogens is 358 g/mol. The van der Waals surface area contributed by atoms with Crippen molar-refractivity contribution in [3.05, 3.63) is 42.1 Å². The molecule has 0 spiro atoms. The Labute approximate surface area is 164 Å². The molecule has 0 aliphatic heterocycles. The molecule has 150 valence electrons. The van der Waals surface area contributed by atoms with Gasteiger partial charge >= 0.3 is 0 Å². The third-order valence-corrected chi connectivity index (χ3v) is 4.13. The Morgan fingerprint density at radius 1 is 1.18 bits per heavy atom. The number of carbonyl (C=O) groups is 3. The van der Waals surface area contributed by atoms with Gasteiger partial charge in [-0.05, 0) is 26.8 Å². The maximum absolute atomic E-state index is 12.6. The van der Waals surface area contributed by atoms with Crippen LogP contribution in [0, 0.1) is 0 Å². The standard InChI is InChI=1S/C20H27N5O3/c1-20(2,3)25-14(10-15(24-25)13-8-6-5-7-9-13)11-18(27)23-16(12-17(21)26)19(28)22-4/h5-10,16H,11-12H2,1-4H3,(H2,21,26)(H,22,28)(H,23,27)/t16-/m0/s1. The van der Waals surface area contributed by atoms with Gasteiger partial charge in [0.15, 0.2) is 0 Å². The van der Waals surface area contributed by atoms with Crippen molar-refractivity contribution in [1.29, 1.82) is 0 Å². The lowest BCUT2D eigenvalue weighted by molar-refractivity contribution is -0.130. The summed E-state index contributed by atoms with van der Waals surface area (Å²) in [5.41, 5.74) is 7.26. The van der Waals surface area contributed by atoms with Gasteiger partial charge in [-0.15, -0.1) is 0 Å². The smallest absolute Gasteiger partial charge is 0.242 e. The molecule has 2 aromatic rings. The average molecular weight is 385 g/mol. The van der Waals surface area contributed by atoms with Crippen molar-refractivity contribution in [2.75, 3.05) is 7.05 Å². The number of hydrogen-bond acceptors (Lipinski definition) is 4. The first kappa shape index (κ1) is 21.1. The second-order valence-corrected chi connectivity index (χ2v) is 7.55. The van der Waals surface area contributed by atoms with E-state index in [9.17, 15) is 14.4 Å². The minimum Gasteiger partial charge on any atom is -0.370 e. The third kappa shape index (κ3) is 5.42.